The Bertz CT molecular complexity index is 390. The van der Waals surface area contributed by atoms with Gasteiger partial charge >= 0.3 is 5.97 Å². The zero-order chi connectivity index (χ0) is 11.4. The van der Waals surface area contributed by atoms with Crippen molar-refractivity contribution < 1.29 is 14.7 Å². The zero-order valence-electron chi connectivity index (χ0n) is 7.20. The maximum absolute atomic E-state index is 11.1. The number of carboxylic acid groups (broad SMARTS) is 1. The lowest BCUT2D eigenvalue weighted by molar-refractivity contribution is -0.139. The highest BCUT2D eigenvalue weighted by atomic mass is 35.5. The highest BCUT2D eigenvalue weighted by Gasteiger charge is 2.13. The van der Waals surface area contributed by atoms with E-state index in [-0.39, 0.29) is 16.0 Å². The molecule has 0 aliphatic heterocycles. The van der Waals surface area contributed by atoms with Gasteiger partial charge in [0.25, 0.3) is 0 Å². The monoisotopic (exact) mass is 249 g/mol. The van der Waals surface area contributed by atoms with Crippen molar-refractivity contribution in [3.63, 3.8) is 0 Å². The lowest BCUT2D eigenvalue weighted by atomic mass is 10.4. The molecular formula is C7H5Cl2N3O3. The Kier molecular flexibility index (Phi) is 3.81. The molecule has 15 heavy (non-hydrogen) atoms. The molecular weight excluding hydrogens is 245 g/mol. The van der Waals surface area contributed by atoms with Crippen LogP contribution in [0.2, 0.25) is 10.3 Å². The molecule has 0 spiro atoms. The standard InChI is InChI=1S/C7H5Cl2N3O3/c8-6-5(7(9)11-2-10-6)12-3(13)1-4(14)15/h2H,1H2,(H,12,13)(H,14,15). The SMILES string of the molecule is O=C(O)CC(=O)Nc1c(Cl)ncnc1Cl. The van der Waals surface area contributed by atoms with Crippen LogP contribution < -0.4 is 5.32 Å². The van der Waals surface area contributed by atoms with Gasteiger partial charge in [-0.2, -0.15) is 0 Å². The number of carbonyl (C=O) groups excluding carboxylic acids is 1. The van der Waals surface area contributed by atoms with Gasteiger partial charge in [-0.25, -0.2) is 9.97 Å². The number of aromatic nitrogens is 2. The van der Waals surface area contributed by atoms with Crippen LogP contribution in [0.25, 0.3) is 0 Å². The van der Waals surface area contributed by atoms with Crippen LogP contribution >= 0.6 is 23.2 Å². The molecule has 80 valence electrons. The molecule has 0 aliphatic carbocycles. The summed E-state index contributed by atoms with van der Waals surface area (Å²) in [6, 6.07) is 0. The van der Waals surface area contributed by atoms with Gasteiger partial charge in [-0.3, -0.25) is 9.59 Å². The van der Waals surface area contributed by atoms with E-state index in [0.29, 0.717) is 0 Å². The number of nitrogens with one attached hydrogen (secondary N) is 1. The second-order valence-corrected chi connectivity index (χ2v) is 3.17. The van der Waals surface area contributed by atoms with Gasteiger partial charge < -0.3 is 10.4 Å². The molecule has 1 heterocycles. The lowest BCUT2D eigenvalue weighted by Crippen LogP contribution is -2.16. The summed E-state index contributed by atoms with van der Waals surface area (Å²) in [5.41, 5.74) is 0.00656. The van der Waals surface area contributed by atoms with Crippen molar-refractivity contribution in [1.29, 1.82) is 0 Å². The number of carboxylic acids is 1. The van der Waals surface area contributed by atoms with E-state index in [4.69, 9.17) is 28.3 Å². The molecule has 2 N–H and O–H groups in total. The number of carbonyl (C=O) groups is 2. The van der Waals surface area contributed by atoms with Crippen molar-refractivity contribution in [2.75, 3.05) is 5.32 Å². The normalized spacial score (nSPS) is 9.73. The van der Waals surface area contributed by atoms with Crippen molar-refractivity contribution in [1.82, 2.24) is 9.97 Å². The second kappa shape index (κ2) is 4.90. The van der Waals surface area contributed by atoms with E-state index < -0.39 is 18.3 Å². The van der Waals surface area contributed by atoms with Gasteiger partial charge in [0.05, 0.1) is 0 Å². The molecule has 0 radical (unpaired) electrons. The molecule has 0 fully saturated rings. The summed E-state index contributed by atoms with van der Waals surface area (Å²) in [6.07, 6.45) is 0.444. The van der Waals surface area contributed by atoms with Crippen LogP contribution in [0.4, 0.5) is 5.69 Å². The summed E-state index contributed by atoms with van der Waals surface area (Å²) in [5.74, 6) is -2.00. The topological polar surface area (TPSA) is 92.2 Å². The van der Waals surface area contributed by atoms with E-state index in [1.54, 1.807) is 0 Å². The number of rotatable bonds is 3. The van der Waals surface area contributed by atoms with Crippen LogP contribution in [0.3, 0.4) is 0 Å². The number of hydrogen-bond acceptors (Lipinski definition) is 4. The molecule has 1 aromatic rings. The molecule has 0 aliphatic rings. The van der Waals surface area contributed by atoms with Crippen molar-refractivity contribution in [2.45, 2.75) is 6.42 Å². The summed E-state index contributed by atoms with van der Waals surface area (Å²) in [7, 11) is 0. The summed E-state index contributed by atoms with van der Waals surface area (Å²) in [6.45, 7) is 0. The van der Waals surface area contributed by atoms with Gasteiger partial charge in [0.2, 0.25) is 5.91 Å². The van der Waals surface area contributed by atoms with Gasteiger partial charge in [-0.05, 0) is 0 Å². The highest BCUT2D eigenvalue weighted by molar-refractivity contribution is 6.38. The molecule has 1 aromatic heterocycles. The molecule has 0 bridgehead atoms. The van der Waals surface area contributed by atoms with Gasteiger partial charge in [0.15, 0.2) is 10.3 Å². The minimum Gasteiger partial charge on any atom is -0.481 e. The predicted molar refractivity (Wildman–Crippen MR) is 52.9 cm³/mol. The largest absolute Gasteiger partial charge is 0.481 e. The minimum atomic E-state index is -1.25. The fourth-order valence-electron chi connectivity index (χ4n) is 0.769. The molecule has 0 saturated heterocycles. The van der Waals surface area contributed by atoms with Gasteiger partial charge in [-0.1, -0.05) is 23.2 Å². The number of nitrogens with zero attached hydrogens (tertiary/aromatic N) is 2. The number of anilines is 1. The predicted octanol–water partition coefficient (Wildman–Crippen LogP) is 1.20. The van der Waals surface area contributed by atoms with Crippen LogP contribution in [0.5, 0.6) is 0 Å². The quantitative estimate of drug-likeness (QED) is 0.621. The molecule has 0 atom stereocenters. The molecule has 6 nitrogen and oxygen atoms in total. The smallest absolute Gasteiger partial charge is 0.312 e. The fraction of sp³-hybridized carbons (Fsp3) is 0.143. The first kappa shape index (κ1) is 11.7. The molecule has 1 amide bonds. The Labute approximate surface area is 94.2 Å². The minimum absolute atomic E-state index is 0.00656. The molecule has 8 heteroatoms. The van der Waals surface area contributed by atoms with E-state index in [1.807, 2.05) is 0 Å². The van der Waals surface area contributed by atoms with Gasteiger partial charge in [0, 0.05) is 0 Å². The first-order chi connectivity index (χ1) is 7.00. The highest BCUT2D eigenvalue weighted by Crippen LogP contribution is 2.25. The Balaban J connectivity index is 2.80. The van der Waals surface area contributed by atoms with Crippen molar-refractivity contribution in [3.05, 3.63) is 16.6 Å². The first-order valence-corrected chi connectivity index (χ1v) is 4.44. The van der Waals surface area contributed by atoms with Crippen molar-refractivity contribution >= 4 is 40.8 Å². The zero-order valence-corrected chi connectivity index (χ0v) is 8.71. The van der Waals surface area contributed by atoms with Gasteiger partial charge in [-0.15, -0.1) is 0 Å². The van der Waals surface area contributed by atoms with E-state index in [1.165, 1.54) is 0 Å². The van der Waals surface area contributed by atoms with Crippen LogP contribution in [-0.4, -0.2) is 27.0 Å². The fourth-order valence-corrected chi connectivity index (χ4v) is 1.18. The Morgan fingerprint density at radius 3 is 2.33 bits per heavy atom. The van der Waals surface area contributed by atoms with E-state index >= 15 is 0 Å². The Morgan fingerprint density at radius 2 is 1.87 bits per heavy atom. The van der Waals surface area contributed by atoms with E-state index in [9.17, 15) is 9.59 Å². The van der Waals surface area contributed by atoms with Crippen LogP contribution in [-0.2, 0) is 9.59 Å². The molecule has 0 saturated carbocycles. The maximum Gasteiger partial charge on any atom is 0.312 e. The molecule has 0 aromatic carbocycles. The average Bonchev–Trinajstić information content (AvgIpc) is 2.10. The summed E-state index contributed by atoms with van der Waals surface area (Å²) < 4.78 is 0. The first-order valence-electron chi connectivity index (χ1n) is 3.68. The third kappa shape index (κ3) is 3.34. The third-order valence-electron chi connectivity index (χ3n) is 1.33. The summed E-state index contributed by atoms with van der Waals surface area (Å²) in [4.78, 5) is 28.4. The Hall–Kier alpha value is -1.40. The van der Waals surface area contributed by atoms with E-state index in [2.05, 4.69) is 15.3 Å². The number of hydrogen-bond donors (Lipinski definition) is 2. The van der Waals surface area contributed by atoms with Gasteiger partial charge in [0.1, 0.15) is 18.4 Å². The summed E-state index contributed by atoms with van der Waals surface area (Å²) in [5, 5.41) is 10.4. The van der Waals surface area contributed by atoms with Crippen LogP contribution in [0.15, 0.2) is 6.33 Å². The third-order valence-corrected chi connectivity index (χ3v) is 1.90. The second-order valence-electron chi connectivity index (χ2n) is 2.45. The number of aliphatic carboxylic acids is 1. The lowest BCUT2D eigenvalue weighted by Gasteiger charge is -2.05. The van der Waals surface area contributed by atoms with Crippen LogP contribution in [0.1, 0.15) is 6.42 Å². The van der Waals surface area contributed by atoms with Crippen LogP contribution in [0, 0.1) is 0 Å². The summed E-state index contributed by atoms with van der Waals surface area (Å²) >= 11 is 11.2. The Morgan fingerprint density at radius 1 is 1.33 bits per heavy atom. The number of amides is 1. The number of halogens is 2. The van der Waals surface area contributed by atoms with Crippen molar-refractivity contribution in [2.24, 2.45) is 0 Å². The van der Waals surface area contributed by atoms with Crippen molar-refractivity contribution in [3.8, 4) is 0 Å². The van der Waals surface area contributed by atoms with E-state index in [0.717, 1.165) is 6.33 Å². The maximum atomic E-state index is 11.1. The molecule has 1 rings (SSSR count). The molecule has 0 unspecified atom stereocenters. The average molecular weight is 250 g/mol.